The van der Waals surface area contributed by atoms with Crippen LogP contribution in [-0.4, -0.2) is 42.4 Å². The smallest absolute Gasteiger partial charge is 0.408 e. The van der Waals surface area contributed by atoms with Crippen LogP contribution in [0, 0.1) is 19.7 Å². The average molecular weight is 543 g/mol. The number of amides is 1. The number of ether oxygens (including phenoxy) is 1. The minimum atomic E-state index is -4.62. The molecule has 0 atom stereocenters. The van der Waals surface area contributed by atoms with Crippen molar-refractivity contribution in [1.82, 2.24) is 19.5 Å². The second-order valence-electron chi connectivity index (χ2n) is 8.74. The van der Waals surface area contributed by atoms with E-state index in [4.69, 9.17) is 4.74 Å². The monoisotopic (exact) mass is 542 g/mol. The van der Waals surface area contributed by atoms with Gasteiger partial charge in [-0.1, -0.05) is 13.8 Å². The molecule has 1 N–H and O–H groups in total. The number of carbonyl (C=O) groups excluding carboxylic acids is 1. The molecule has 13 heteroatoms. The zero-order valence-corrected chi connectivity index (χ0v) is 21.6. The van der Waals surface area contributed by atoms with Crippen molar-refractivity contribution in [2.75, 3.05) is 7.11 Å². The lowest BCUT2D eigenvalue weighted by Crippen LogP contribution is -2.33. The molecular formula is C24H26F4N4O4S. The van der Waals surface area contributed by atoms with Gasteiger partial charge in [-0.2, -0.15) is 18.3 Å². The molecule has 0 aliphatic carbocycles. The lowest BCUT2D eigenvalue weighted by molar-refractivity contribution is -0.143. The van der Waals surface area contributed by atoms with Crippen molar-refractivity contribution >= 4 is 15.9 Å². The Balaban J connectivity index is 2.00. The van der Waals surface area contributed by atoms with Gasteiger partial charge in [-0.05, 0) is 60.2 Å². The topological polar surface area (TPSA) is 103 Å². The standard InChI is InChI=1S/C24H26F4N4O4S/c1-13(2)18-9-17(25)10-19(16-6-7-29-22(8-16)36-5)20(18)11-21(33)31-37(34,35)23-14(3)30-32(15(23)4)12-24(26,27)28/h6-10,13H,11-12H2,1-5H3,(H,31,33). The van der Waals surface area contributed by atoms with E-state index in [1.165, 1.54) is 39.3 Å². The molecule has 0 radical (unpaired) electrons. The van der Waals surface area contributed by atoms with Crippen molar-refractivity contribution in [2.24, 2.45) is 0 Å². The number of rotatable bonds is 8. The number of benzene rings is 1. The van der Waals surface area contributed by atoms with Gasteiger partial charge in [0.2, 0.25) is 11.8 Å². The van der Waals surface area contributed by atoms with Crippen molar-refractivity contribution in [3.63, 3.8) is 0 Å². The highest BCUT2D eigenvalue weighted by molar-refractivity contribution is 7.90. The van der Waals surface area contributed by atoms with Crippen LogP contribution in [0.25, 0.3) is 11.1 Å². The number of aromatic nitrogens is 3. The summed E-state index contributed by atoms with van der Waals surface area (Å²) in [6, 6.07) is 5.66. The highest BCUT2D eigenvalue weighted by Crippen LogP contribution is 2.33. The summed E-state index contributed by atoms with van der Waals surface area (Å²) in [5, 5.41) is 3.68. The molecule has 3 aromatic rings. The number of hydrogen-bond donors (Lipinski definition) is 1. The molecule has 8 nitrogen and oxygen atoms in total. The van der Waals surface area contributed by atoms with Crippen LogP contribution in [0.4, 0.5) is 17.6 Å². The first kappa shape index (κ1) is 28.1. The molecule has 2 heterocycles. The highest BCUT2D eigenvalue weighted by atomic mass is 32.2. The summed E-state index contributed by atoms with van der Waals surface area (Å²) < 4.78 is 86.7. The summed E-state index contributed by atoms with van der Waals surface area (Å²) >= 11 is 0. The van der Waals surface area contributed by atoms with Crippen molar-refractivity contribution in [1.29, 1.82) is 0 Å². The Kier molecular flexibility index (Phi) is 7.96. The summed E-state index contributed by atoms with van der Waals surface area (Å²) in [6.45, 7) is 4.54. The predicted molar refractivity (Wildman–Crippen MR) is 127 cm³/mol. The van der Waals surface area contributed by atoms with Gasteiger partial charge in [0.25, 0.3) is 10.0 Å². The molecule has 37 heavy (non-hydrogen) atoms. The summed E-state index contributed by atoms with van der Waals surface area (Å²) in [4.78, 5) is 16.5. The van der Waals surface area contributed by atoms with E-state index in [1.54, 1.807) is 26.0 Å². The first-order chi connectivity index (χ1) is 17.1. The van der Waals surface area contributed by atoms with Crippen LogP contribution in [0.5, 0.6) is 5.88 Å². The van der Waals surface area contributed by atoms with Crippen LogP contribution >= 0.6 is 0 Å². The molecule has 0 fully saturated rings. The van der Waals surface area contributed by atoms with E-state index in [1.807, 2.05) is 4.72 Å². The minimum absolute atomic E-state index is 0.184. The van der Waals surface area contributed by atoms with E-state index in [-0.39, 0.29) is 23.2 Å². The molecule has 2 aromatic heterocycles. The van der Waals surface area contributed by atoms with Gasteiger partial charge >= 0.3 is 6.18 Å². The number of alkyl halides is 3. The second kappa shape index (κ2) is 10.5. The minimum Gasteiger partial charge on any atom is -0.481 e. The van der Waals surface area contributed by atoms with Crippen LogP contribution in [0.2, 0.25) is 0 Å². The van der Waals surface area contributed by atoms with Crippen LogP contribution in [-0.2, 0) is 27.8 Å². The van der Waals surface area contributed by atoms with Gasteiger partial charge in [0.15, 0.2) is 0 Å². The third-order valence-corrected chi connectivity index (χ3v) is 7.25. The molecule has 0 saturated heterocycles. The normalized spacial score (nSPS) is 12.2. The fourth-order valence-electron chi connectivity index (χ4n) is 4.11. The van der Waals surface area contributed by atoms with Crippen molar-refractivity contribution in [3.05, 3.63) is 58.8 Å². The summed E-state index contributed by atoms with van der Waals surface area (Å²) in [5.41, 5.74) is 1.28. The molecule has 0 unspecified atom stereocenters. The largest absolute Gasteiger partial charge is 0.481 e. The van der Waals surface area contributed by atoms with Crippen LogP contribution in [0.1, 0.15) is 42.3 Å². The second-order valence-corrected chi connectivity index (χ2v) is 10.4. The summed E-state index contributed by atoms with van der Waals surface area (Å²) in [7, 11) is -3.15. The van der Waals surface area contributed by atoms with E-state index in [0.717, 1.165) is 0 Å². The van der Waals surface area contributed by atoms with E-state index < -0.39 is 45.8 Å². The molecule has 0 saturated carbocycles. The molecular weight excluding hydrogens is 516 g/mol. The molecule has 200 valence electrons. The van der Waals surface area contributed by atoms with E-state index in [9.17, 15) is 30.8 Å². The maximum absolute atomic E-state index is 14.5. The quantitative estimate of drug-likeness (QED) is 0.422. The molecule has 0 aliphatic rings. The number of aryl methyl sites for hydroxylation is 1. The van der Waals surface area contributed by atoms with Gasteiger partial charge < -0.3 is 4.74 Å². The SMILES string of the molecule is COc1cc(-c2cc(F)cc(C(C)C)c2CC(=O)NS(=O)(=O)c2c(C)nn(CC(F)(F)F)c2C)ccn1. The Bertz CT molecular complexity index is 1430. The number of hydrogen-bond acceptors (Lipinski definition) is 6. The van der Waals surface area contributed by atoms with E-state index in [2.05, 4.69) is 10.1 Å². The number of carbonyl (C=O) groups is 1. The molecule has 0 bridgehead atoms. The fourth-order valence-corrected chi connectivity index (χ4v) is 5.51. The van der Waals surface area contributed by atoms with Gasteiger partial charge in [-0.15, -0.1) is 0 Å². The molecule has 1 amide bonds. The molecule has 3 rings (SSSR count). The van der Waals surface area contributed by atoms with Crippen molar-refractivity contribution in [2.45, 2.75) is 57.7 Å². The Hall–Kier alpha value is -3.48. The maximum Gasteiger partial charge on any atom is 0.408 e. The van der Waals surface area contributed by atoms with Crippen molar-refractivity contribution in [3.8, 4) is 17.0 Å². The zero-order chi connectivity index (χ0) is 27.7. The van der Waals surface area contributed by atoms with Crippen LogP contribution in [0.3, 0.4) is 0 Å². The Morgan fingerprint density at radius 1 is 1.19 bits per heavy atom. The molecule has 0 spiro atoms. The Morgan fingerprint density at radius 2 is 1.86 bits per heavy atom. The third kappa shape index (κ3) is 6.45. The highest BCUT2D eigenvalue weighted by Gasteiger charge is 2.33. The van der Waals surface area contributed by atoms with E-state index in [0.29, 0.717) is 26.9 Å². The number of nitrogens with zero attached hydrogens (tertiary/aromatic N) is 3. The molecule has 1 aromatic carbocycles. The first-order valence-electron chi connectivity index (χ1n) is 11.1. The Morgan fingerprint density at radius 3 is 2.46 bits per heavy atom. The maximum atomic E-state index is 14.5. The van der Waals surface area contributed by atoms with Gasteiger partial charge in [0, 0.05) is 12.3 Å². The lowest BCUT2D eigenvalue weighted by Gasteiger charge is -2.18. The van der Waals surface area contributed by atoms with Gasteiger partial charge in [0.1, 0.15) is 17.3 Å². The summed E-state index contributed by atoms with van der Waals surface area (Å²) in [5.74, 6) is -1.46. The van der Waals surface area contributed by atoms with Crippen LogP contribution in [0.15, 0.2) is 35.4 Å². The van der Waals surface area contributed by atoms with Gasteiger partial charge in [-0.25, -0.2) is 22.5 Å². The lowest BCUT2D eigenvalue weighted by atomic mass is 9.88. The van der Waals surface area contributed by atoms with E-state index >= 15 is 0 Å². The van der Waals surface area contributed by atoms with Gasteiger partial charge in [0.05, 0.1) is 24.9 Å². The first-order valence-corrected chi connectivity index (χ1v) is 12.6. The van der Waals surface area contributed by atoms with Crippen molar-refractivity contribution < 1.29 is 35.5 Å². The third-order valence-electron chi connectivity index (χ3n) is 5.62. The predicted octanol–water partition coefficient (Wildman–Crippen LogP) is 4.44. The fraction of sp³-hybridized carbons (Fsp3) is 0.375. The number of nitrogens with one attached hydrogen (secondary N) is 1. The number of sulfonamides is 1. The van der Waals surface area contributed by atoms with Gasteiger partial charge in [-0.3, -0.25) is 9.48 Å². The van der Waals surface area contributed by atoms with Crippen LogP contribution < -0.4 is 9.46 Å². The Labute approximate surface area is 211 Å². The average Bonchev–Trinajstić information content (AvgIpc) is 3.05. The number of methoxy groups -OCH3 is 1. The molecule has 0 aliphatic heterocycles. The number of halogens is 4. The number of pyridine rings is 1. The summed E-state index contributed by atoms with van der Waals surface area (Å²) in [6.07, 6.45) is -3.61. The zero-order valence-electron chi connectivity index (χ0n) is 20.8.